The van der Waals surface area contributed by atoms with Crippen LogP contribution in [0.15, 0.2) is 30.3 Å². The number of nitrogens with zero attached hydrogens (tertiary/aromatic N) is 1. The van der Waals surface area contributed by atoms with Crippen LogP contribution >= 0.6 is 0 Å². The van der Waals surface area contributed by atoms with E-state index in [0.29, 0.717) is 11.2 Å². The molecule has 1 heterocycles. The Kier molecular flexibility index (Phi) is 5.65. The molecule has 0 atom stereocenters. The van der Waals surface area contributed by atoms with Crippen LogP contribution in [0.2, 0.25) is 0 Å². The van der Waals surface area contributed by atoms with Crippen molar-refractivity contribution in [2.24, 2.45) is 0 Å². The van der Waals surface area contributed by atoms with E-state index in [2.05, 4.69) is 10.3 Å². The van der Waals surface area contributed by atoms with Crippen molar-refractivity contribution in [3.63, 3.8) is 0 Å². The number of nitrogens with one attached hydrogen (secondary N) is 1. The fraction of sp³-hybridized carbons (Fsp3) is 0.353. The molecule has 0 spiro atoms. The minimum Gasteiger partial charge on any atom is -0.461 e. The standard InChI is InChI=1S/C17H20N2O4/c1-4-22-17(21)16-14(18-15(20)10-23-11(2)3)9-12-7-5-6-8-13(12)19-16/h5-9,11H,4,10H2,1-3H3,(H,18,20). The zero-order valence-electron chi connectivity index (χ0n) is 13.5. The molecule has 122 valence electrons. The van der Waals surface area contributed by atoms with Crippen molar-refractivity contribution in [1.82, 2.24) is 4.98 Å². The Hall–Kier alpha value is -2.47. The lowest BCUT2D eigenvalue weighted by Crippen LogP contribution is -2.22. The van der Waals surface area contributed by atoms with E-state index < -0.39 is 5.97 Å². The van der Waals surface area contributed by atoms with Crippen LogP contribution in [0.3, 0.4) is 0 Å². The van der Waals surface area contributed by atoms with Crippen molar-refractivity contribution < 1.29 is 19.1 Å². The highest BCUT2D eigenvalue weighted by Gasteiger charge is 2.18. The second-order valence-corrected chi connectivity index (χ2v) is 5.21. The molecule has 1 N–H and O–H groups in total. The Bertz CT molecular complexity index is 713. The van der Waals surface area contributed by atoms with Crippen LogP contribution in [0.1, 0.15) is 31.3 Å². The summed E-state index contributed by atoms with van der Waals surface area (Å²) in [5.74, 6) is -0.917. The summed E-state index contributed by atoms with van der Waals surface area (Å²) in [6.45, 7) is 5.54. The number of amides is 1. The zero-order chi connectivity index (χ0) is 16.8. The first-order chi connectivity index (χ1) is 11.0. The molecular formula is C17H20N2O4. The van der Waals surface area contributed by atoms with Crippen LogP contribution in [0.5, 0.6) is 0 Å². The van der Waals surface area contributed by atoms with Crippen molar-refractivity contribution in [1.29, 1.82) is 0 Å². The lowest BCUT2D eigenvalue weighted by atomic mass is 10.1. The molecule has 0 saturated heterocycles. The van der Waals surface area contributed by atoms with Crippen LogP contribution < -0.4 is 5.32 Å². The normalized spacial score (nSPS) is 10.8. The molecule has 0 radical (unpaired) electrons. The molecule has 0 fully saturated rings. The van der Waals surface area contributed by atoms with Crippen molar-refractivity contribution in [2.45, 2.75) is 26.9 Å². The van der Waals surface area contributed by atoms with Gasteiger partial charge in [-0.3, -0.25) is 4.79 Å². The van der Waals surface area contributed by atoms with Gasteiger partial charge in [-0.05, 0) is 32.9 Å². The number of carbonyl (C=O) groups is 2. The third kappa shape index (κ3) is 4.50. The minimum absolute atomic E-state index is 0.0556. The number of ether oxygens (including phenoxy) is 2. The summed E-state index contributed by atoms with van der Waals surface area (Å²) in [5.41, 5.74) is 1.06. The molecule has 1 amide bonds. The number of rotatable bonds is 6. The largest absolute Gasteiger partial charge is 0.461 e. The average molecular weight is 316 g/mol. The molecule has 0 bridgehead atoms. The van der Waals surface area contributed by atoms with E-state index in [4.69, 9.17) is 9.47 Å². The van der Waals surface area contributed by atoms with E-state index in [0.717, 1.165) is 5.39 Å². The van der Waals surface area contributed by atoms with Crippen LogP contribution in [-0.2, 0) is 14.3 Å². The summed E-state index contributed by atoms with van der Waals surface area (Å²) in [5, 5.41) is 3.49. The number of pyridine rings is 1. The molecule has 0 aliphatic carbocycles. The topological polar surface area (TPSA) is 77.5 Å². The third-order valence-corrected chi connectivity index (χ3v) is 3.01. The molecule has 0 aliphatic rings. The van der Waals surface area contributed by atoms with Gasteiger partial charge in [-0.1, -0.05) is 18.2 Å². The minimum atomic E-state index is -0.571. The SMILES string of the molecule is CCOC(=O)c1nc2ccccc2cc1NC(=O)COC(C)C. The van der Waals surface area contributed by atoms with Gasteiger partial charge in [0, 0.05) is 5.39 Å². The number of aromatic nitrogens is 1. The fourth-order valence-corrected chi connectivity index (χ4v) is 1.99. The van der Waals surface area contributed by atoms with E-state index in [-0.39, 0.29) is 30.9 Å². The van der Waals surface area contributed by atoms with E-state index >= 15 is 0 Å². The van der Waals surface area contributed by atoms with Gasteiger partial charge < -0.3 is 14.8 Å². The monoisotopic (exact) mass is 316 g/mol. The van der Waals surface area contributed by atoms with Gasteiger partial charge in [-0.25, -0.2) is 9.78 Å². The summed E-state index contributed by atoms with van der Waals surface area (Å²) < 4.78 is 10.3. The van der Waals surface area contributed by atoms with E-state index in [1.165, 1.54) is 0 Å². The first-order valence-corrected chi connectivity index (χ1v) is 7.49. The van der Waals surface area contributed by atoms with Gasteiger partial charge in [0.1, 0.15) is 6.61 Å². The Morgan fingerprint density at radius 1 is 1.26 bits per heavy atom. The number of benzene rings is 1. The molecule has 0 aliphatic heterocycles. The maximum absolute atomic E-state index is 12.1. The number of anilines is 1. The summed E-state index contributed by atoms with van der Waals surface area (Å²) >= 11 is 0. The summed E-state index contributed by atoms with van der Waals surface area (Å²) in [6, 6.07) is 9.06. The Balaban J connectivity index is 2.33. The smallest absolute Gasteiger partial charge is 0.359 e. The highest BCUT2D eigenvalue weighted by Crippen LogP contribution is 2.22. The number of esters is 1. The molecule has 23 heavy (non-hydrogen) atoms. The number of hydrogen-bond acceptors (Lipinski definition) is 5. The molecule has 6 heteroatoms. The summed E-state index contributed by atoms with van der Waals surface area (Å²) in [4.78, 5) is 28.4. The number of carbonyl (C=O) groups excluding carboxylic acids is 2. The zero-order valence-corrected chi connectivity index (χ0v) is 13.5. The van der Waals surface area contributed by atoms with Gasteiger partial charge in [-0.2, -0.15) is 0 Å². The summed E-state index contributed by atoms with van der Waals surface area (Å²) in [6.07, 6.45) is -0.0556. The predicted molar refractivity (Wildman–Crippen MR) is 87.4 cm³/mol. The number of hydrogen-bond donors (Lipinski definition) is 1. The van der Waals surface area contributed by atoms with Crippen molar-refractivity contribution in [3.8, 4) is 0 Å². The highest BCUT2D eigenvalue weighted by atomic mass is 16.5. The Morgan fingerprint density at radius 2 is 2.00 bits per heavy atom. The molecule has 2 rings (SSSR count). The van der Waals surface area contributed by atoms with Gasteiger partial charge in [0.15, 0.2) is 5.69 Å². The molecule has 2 aromatic rings. The molecule has 0 unspecified atom stereocenters. The van der Waals surface area contributed by atoms with Crippen molar-refractivity contribution >= 4 is 28.5 Å². The second kappa shape index (κ2) is 7.69. The van der Waals surface area contributed by atoms with Gasteiger partial charge in [0.05, 0.1) is 23.9 Å². The second-order valence-electron chi connectivity index (χ2n) is 5.21. The molecule has 6 nitrogen and oxygen atoms in total. The molecular weight excluding hydrogens is 296 g/mol. The van der Waals surface area contributed by atoms with Crippen LogP contribution in [0.4, 0.5) is 5.69 Å². The van der Waals surface area contributed by atoms with Gasteiger partial charge >= 0.3 is 5.97 Å². The molecule has 0 saturated carbocycles. The lowest BCUT2D eigenvalue weighted by Gasteiger charge is -2.12. The van der Waals surface area contributed by atoms with Crippen molar-refractivity contribution in [2.75, 3.05) is 18.5 Å². The first kappa shape index (κ1) is 16.9. The third-order valence-electron chi connectivity index (χ3n) is 3.01. The summed E-state index contributed by atoms with van der Waals surface area (Å²) in [7, 11) is 0. The van der Waals surface area contributed by atoms with E-state index in [1.54, 1.807) is 19.1 Å². The maximum Gasteiger partial charge on any atom is 0.359 e. The fourth-order valence-electron chi connectivity index (χ4n) is 1.99. The van der Waals surface area contributed by atoms with Crippen LogP contribution in [-0.4, -0.2) is 36.2 Å². The van der Waals surface area contributed by atoms with Crippen LogP contribution in [0, 0.1) is 0 Å². The Labute approximate surface area is 134 Å². The van der Waals surface area contributed by atoms with Gasteiger partial charge in [0.25, 0.3) is 0 Å². The predicted octanol–water partition coefficient (Wildman–Crippen LogP) is 2.78. The van der Waals surface area contributed by atoms with Crippen molar-refractivity contribution in [3.05, 3.63) is 36.0 Å². The number of para-hydroxylation sites is 1. The average Bonchev–Trinajstić information content (AvgIpc) is 2.52. The van der Waals surface area contributed by atoms with E-state index in [1.807, 2.05) is 32.0 Å². The van der Waals surface area contributed by atoms with E-state index in [9.17, 15) is 9.59 Å². The maximum atomic E-state index is 12.1. The van der Waals surface area contributed by atoms with Crippen LogP contribution in [0.25, 0.3) is 10.9 Å². The Morgan fingerprint density at radius 3 is 2.70 bits per heavy atom. The first-order valence-electron chi connectivity index (χ1n) is 7.49. The van der Waals surface area contributed by atoms with Gasteiger partial charge in [0.2, 0.25) is 5.91 Å². The highest BCUT2D eigenvalue weighted by molar-refractivity contribution is 6.03. The number of fused-ring (bicyclic) bond motifs is 1. The molecule has 1 aromatic carbocycles. The lowest BCUT2D eigenvalue weighted by molar-refractivity contribution is -0.121. The van der Waals surface area contributed by atoms with Gasteiger partial charge in [-0.15, -0.1) is 0 Å². The quantitative estimate of drug-likeness (QED) is 0.829. The molecule has 1 aromatic heterocycles.